The third-order valence-electron chi connectivity index (χ3n) is 8.30. The fourth-order valence-corrected chi connectivity index (χ4v) is 6.37. The first-order valence-corrected chi connectivity index (χ1v) is 13.1. The van der Waals surface area contributed by atoms with E-state index < -0.39 is 0 Å². The van der Waals surface area contributed by atoms with E-state index in [1.54, 1.807) is 0 Å². The van der Waals surface area contributed by atoms with Crippen LogP contribution in [0, 0.1) is 5.92 Å². The van der Waals surface area contributed by atoms with E-state index in [4.69, 9.17) is 0 Å². The Labute approximate surface area is 206 Å². The second-order valence-corrected chi connectivity index (χ2v) is 10.4. The molecule has 0 atom stereocenters. The highest BCUT2D eigenvalue weighted by atomic mass is 16.2. The molecule has 2 aromatic heterocycles. The number of aryl methyl sites for hydroxylation is 1. The Hall–Kier alpha value is -3.34. The maximum absolute atomic E-state index is 14.0. The second kappa shape index (κ2) is 9.03. The van der Waals surface area contributed by atoms with Gasteiger partial charge in [0.05, 0.1) is 5.56 Å². The SMILES string of the molecule is Cn1c2ccccc2c2c(C(=O)N3CCC(Cc4ccccc4)CC3)cn(C3CCCC3)c(=O)c21. The average molecular weight is 468 g/mol. The van der Waals surface area contributed by atoms with Crippen LogP contribution >= 0.6 is 0 Å². The number of hydrogen-bond acceptors (Lipinski definition) is 2. The molecule has 0 bridgehead atoms. The van der Waals surface area contributed by atoms with Gasteiger partial charge < -0.3 is 14.0 Å². The molecule has 4 aromatic rings. The maximum Gasteiger partial charge on any atom is 0.275 e. The summed E-state index contributed by atoms with van der Waals surface area (Å²) in [6.07, 6.45) is 9.30. The quantitative estimate of drug-likeness (QED) is 0.386. The molecule has 0 spiro atoms. The number of carbonyl (C=O) groups excluding carboxylic acids is 1. The first-order valence-electron chi connectivity index (χ1n) is 13.1. The maximum atomic E-state index is 14.0. The number of benzene rings is 2. The minimum Gasteiger partial charge on any atom is -0.339 e. The zero-order valence-corrected chi connectivity index (χ0v) is 20.5. The standard InChI is InChI=1S/C30H33N3O2/c1-31-26-14-8-7-13-24(26)27-25(20-33(30(35)28(27)31)23-11-5-6-12-23)29(34)32-17-15-22(16-18-32)19-21-9-3-2-4-10-21/h2-4,7-10,13-14,20,22-23H,5-6,11-12,15-19H2,1H3. The van der Waals surface area contributed by atoms with Crippen LogP contribution < -0.4 is 5.56 Å². The van der Waals surface area contributed by atoms with Crippen molar-refractivity contribution in [3.05, 3.63) is 82.3 Å². The second-order valence-electron chi connectivity index (χ2n) is 10.4. The van der Waals surface area contributed by atoms with Gasteiger partial charge in [-0.05, 0) is 49.7 Å². The highest BCUT2D eigenvalue weighted by molar-refractivity contribution is 6.17. The summed E-state index contributed by atoms with van der Waals surface area (Å²) in [5.41, 5.74) is 3.74. The molecule has 180 valence electrons. The Kier molecular flexibility index (Phi) is 5.71. The molecule has 1 aliphatic heterocycles. The van der Waals surface area contributed by atoms with Gasteiger partial charge in [-0.2, -0.15) is 0 Å². The van der Waals surface area contributed by atoms with Crippen LogP contribution in [-0.4, -0.2) is 33.0 Å². The van der Waals surface area contributed by atoms with Gasteiger partial charge in [0, 0.05) is 48.7 Å². The number of carbonyl (C=O) groups is 1. The van der Waals surface area contributed by atoms with Gasteiger partial charge in [-0.3, -0.25) is 9.59 Å². The molecule has 5 nitrogen and oxygen atoms in total. The van der Waals surface area contributed by atoms with Crippen LogP contribution in [0.3, 0.4) is 0 Å². The van der Waals surface area contributed by atoms with E-state index in [0.717, 1.165) is 74.3 Å². The summed E-state index contributed by atoms with van der Waals surface area (Å²) >= 11 is 0. The van der Waals surface area contributed by atoms with E-state index in [1.165, 1.54) is 5.56 Å². The summed E-state index contributed by atoms with van der Waals surface area (Å²) < 4.78 is 3.87. The predicted octanol–water partition coefficient (Wildman–Crippen LogP) is 5.70. The molecule has 2 aromatic carbocycles. The minimum atomic E-state index is 0.0312. The number of rotatable bonds is 4. The molecule has 35 heavy (non-hydrogen) atoms. The van der Waals surface area contributed by atoms with Crippen molar-refractivity contribution < 1.29 is 4.79 Å². The van der Waals surface area contributed by atoms with Crippen LogP contribution in [0.15, 0.2) is 65.6 Å². The number of aromatic nitrogens is 2. The van der Waals surface area contributed by atoms with E-state index >= 15 is 0 Å². The fourth-order valence-electron chi connectivity index (χ4n) is 6.37. The lowest BCUT2D eigenvalue weighted by Gasteiger charge is -2.32. The minimum absolute atomic E-state index is 0.0312. The summed E-state index contributed by atoms with van der Waals surface area (Å²) in [4.78, 5) is 29.7. The highest BCUT2D eigenvalue weighted by Gasteiger charge is 2.29. The van der Waals surface area contributed by atoms with Gasteiger partial charge in [-0.15, -0.1) is 0 Å². The number of pyridine rings is 1. The smallest absolute Gasteiger partial charge is 0.275 e. The van der Waals surface area contributed by atoms with Crippen molar-refractivity contribution in [3.63, 3.8) is 0 Å². The topological polar surface area (TPSA) is 47.2 Å². The Balaban J connectivity index is 1.37. The van der Waals surface area contributed by atoms with Crippen LogP contribution in [0.1, 0.15) is 60.5 Å². The molecule has 1 saturated heterocycles. The van der Waals surface area contributed by atoms with Gasteiger partial charge in [-0.25, -0.2) is 0 Å². The highest BCUT2D eigenvalue weighted by Crippen LogP contribution is 2.34. The van der Waals surface area contributed by atoms with Gasteiger partial charge in [0.25, 0.3) is 11.5 Å². The number of amides is 1. The number of likely N-dealkylation sites (tertiary alicyclic amines) is 1. The third-order valence-corrected chi connectivity index (χ3v) is 8.30. The molecule has 0 radical (unpaired) electrons. The Morgan fingerprint density at radius 3 is 2.34 bits per heavy atom. The van der Waals surface area contributed by atoms with Crippen LogP contribution in [0.4, 0.5) is 0 Å². The van der Waals surface area contributed by atoms with Crippen LogP contribution in [0.2, 0.25) is 0 Å². The number of fused-ring (bicyclic) bond motifs is 3. The number of para-hydroxylation sites is 1. The summed E-state index contributed by atoms with van der Waals surface area (Å²) in [7, 11) is 1.95. The summed E-state index contributed by atoms with van der Waals surface area (Å²) in [6.45, 7) is 1.54. The van der Waals surface area contributed by atoms with Crippen molar-refractivity contribution >= 4 is 27.7 Å². The molecule has 0 N–H and O–H groups in total. The van der Waals surface area contributed by atoms with E-state index in [0.29, 0.717) is 17.0 Å². The van der Waals surface area contributed by atoms with E-state index in [1.807, 2.05) is 51.5 Å². The van der Waals surface area contributed by atoms with Gasteiger partial charge in [-0.1, -0.05) is 61.4 Å². The number of hydrogen-bond donors (Lipinski definition) is 0. The number of nitrogens with zero attached hydrogens (tertiary/aromatic N) is 3. The van der Waals surface area contributed by atoms with E-state index in [9.17, 15) is 9.59 Å². The van der Waals surface area contributed by atoms with Crippen LogP contribution in [0.5, 0.6) is 0 Å². The Morgan fingerprint density at radius 2 is 1.60 bits per heavy atom. The van der Waals surface area contributed by atoms with Crippen molar-refractivity contribution in [2.24, 2.45) is 13.0 Å². The van der Waals surface area contributed by atoms with Gasteiger partial charge >= 0.3 is 0 Å². The molecule has 1 aliphatic carbocycles. The normalized spacial score (nSPS) is 17.6. The molecule has 1 amide bonds. The lowest BCUT2D eigenvalue weighted by atomic mass is 9.90. The zero-order chi connectivity index (χ0) is 23.9. The molecule has 3 heterocycles. The molecule has 2 fully saturated rings. The summed E-state index contributed by atoms with van der Waals surface area (Å²) in [5, 5.41) is 1.81. The summed E-state index contributed by atoms with van der Waals surface area (Å²) in [6, 6.07) is 18.9. The molecule has 0 unspecified atom stereocenters. The van der Waals surface area contributed by atoms with Crippen molar-refractivity contribution in [3.8, 4) is 0 Å². The van der Waals surface area contributed by atoms with Crippen LogP contribution in [-0.2, 0) is 13.5 Å². The first-order chi connectivity index (χ1) is 17.1. The van der Waals surface area contributed by atoms with E-state index in [2.05, 4.69) is 30.3 Å². The van der Waals surface area contributed by atoms with E-state index in [-0.39, 0.29) is 17.5 Å². The lowest BCUT2D eigenvalue weighted by Crippen LogP contribution is -2.39. The lowest BCUT2D eigenvalue weighted by molar-refractivity contribution is 0.0691. The van der Waals surface area contributed by atoms with Crippen molar-refractivity contribution in [2.45, 2.75) is 51.0 Å². The van der Waals surface area contributed by atoms with Gasteiger partial charge in [0.15, 0.2) is 0 Å². The first kappa shape index (κ1) is 22.1. The zero-order valence-electron chi connectivity index (χ0n) is 20.5. The molecule has 2 aliphatic rings. The Bertz CT molecular complexity index is 1440. The molecular weight excluding hydrogens is 434 g/mol. The van der Waals surface area contributed by atoms with Gasteiger partial charge in [0.2, 0.25) is 0 Å². The molecule has 6 rings (SSSR count). The Morgan fingerprint density at radius 1 is 0.914 bits per heavy atom. The number of piperidine rings is 1. The van der Waals surface area contributed by atoms with Gasteiger partial charge in [0.1, 0.15) is 5.52 Å². The average Bonchev–Trinajstić information content (AvgIpc) is 3.53. The summed E-state index contributed by atoms with van der Waals surface area (Å²) in [5.74, 6) is 0.669. The fraction of sp³-hybridized carbons (Fsp3) is 0.400. The molecular formula is C30H33N3O2. The van der Waals surface area contributed by atoms with Crippen LogP contribution in [0.25, 0.3) is 21.8 Å². The molecule has 1 saturated carbocycles. The monoisotopic (exact) mass is 467 g/mol. The van der Waals surface area contributed by atoms with Crippen molar-refractivity contribution in [1.29, 1.82) is 0 Å². The predicted molar refractivity (Wildman–Crippen MR) is 141 cm³/mol. The molecule has 5 heteroatoms. The van der Waals surface area contributed by atoms with Crippen molar-refractivity contribution in [2.75, 3.05) is 13.1 Å². The third kappa shape index (κ3) is 3.87. The van der Waals surface area contributed by atoms with Crippen molar-refractivity contribution in [1.82, 2.24) is 14.0 Å². The largest absolute Gasteiger partial charge is 0.339 e.